The molecule has 0 radical (unpaired) electrons. The van der Waals surface area contributed by atoms with E-state index in [1.165, 1.54) is 6.08 Å². The molecule has 0 aliphatic carbocycles. The number of allylic oxidation sites excluding steroid dienone is 2. The van der Waals surface area contributed by atoms with Crippen LogP contribution in [0.25, 0.3) is 0 Å². The van der Waals surface area contributed by atoms with Crippen LogP contribution in [0.2, 0.25) is 0 Å². The van der Waals surface area contributed by atoms with Crippen LogP contribution in [0.3, 0.4) is 0 Å². The SMILES string of the molecule is C/C=C/[C-]=O.[Br-].[Mg+2]. The first kappa shape index (κ1) is 15.6. The molecule has 36 valence electrons. The van der Waals surface area contributed by atoms with Crippen LogP contribution in [0.5, 0.6) is 0 Å². The van der Waals surface area contributed by atoms with Gasteiger partial charge in [0.05, 0.1) is 0 Å². The van der Waals surface area contributed by atoms with Crippen molar-refractivity contribution >= 4 is 29.3 Å². The summed E-state index contributed by atoms with van der Waals surface area (Å²) in [6, 6.07) is 0. The minimum Gasteiger partial charge on any atom is -1.00 e. The zero-order valence-electron chi connectivity index (χ0n) is 4.15. The van der Waals surface area contributed by atoms with E-state index in [4.69, 9.17) is 0 Å². The molecular weight excluding hydrogens is 168 g/mol. The van der Waals surface area contributed by atoms with E-state index >= 15 is 0 Å². The first-order valence-corrected chi connectivity index (χ1v) is 1.40. The van der Waals surface area contributed by atoms with Crippen molar-refractivity contribution in [3.8, 4) is 0 Å². The smallest absolute Gasteiger partial charge is 1.00 e. The average molecular weight is 173 g/mol. The minimum absolute atomic E-state index is 0. The molecule has 0 fully saturated rings. The second-order valence-electron chi connectivity index (χ2n) is 0.618. The molecule has 3 heteroatoms. The third-order valence-corrected chi connectivity index (χ3v) is 0.235. The van der Waals surface area contributed by atoms with Crippen LogP contribution in [0.15, 0.2) is 12.2 Å². The number of halogens is 1. The van der Waals surface area contributed by atoms with Gasteiger partial charge in [0, 0.05) is 0 Å². The summed E-state index contributed by atoms with van der Waals surface area (Å²) in [5.74, 6) is 0. The predicted molar refractivity (Wildman–Crippen MR) is 26.3 cm³/mol. The Kier molecular flexibility index (Phi) is 35.6. The van der Waals surface area contributed by atoms with Gasteiger partial charge < -0.3 is 21.8 Å². The summed E-state index contributed by atoms with van der Waals surface area (Å²) in [6.07, 6.45) is 4.54. The average Bonchev–Trinajstić information content (AvgIpc) is 1.41. The number of carbonyl (C=O) groups excluding carboxylic acids is 1. The Bertz CT molecular complexity index is 53.7. The van der Waals surface area contributed by atoms with Gasteiger partial charge in [0.1, 0.15) is 0 Å². The van der Waals surface area contributed by atoms with Crippen molar-refractivity contribution in [2.24, 2.45) is 0 Å². The van der Waals surface area contributed by atoms with Crippen molar-refractivity contribution in [2.45, 2.75) is 6.92 Å². The summed E-state index contributed by atoms with van der Waals surface area (Å²) in [5, 5.41) is 0. The van der Waals surface area contributed by atoms with E-state index < -0.39 is 0 Å². The summed E-state index contributed by atoms with van der Waals surface area (Å²) in [4.78, 5) is 9.19. The van der Waals surface area contributed by atoms with Crippen LogP contribution in [0.1, 0.15) is 6.92 Å². The molecule has 0 aromatic carbocycles. The van der Waals surface area contributed by atoms with Crippen molar-refractivity contribution in [1.29, 1.82) is 0 Å². The Labute approximate surface area is 70.1 Å². The summed E-state index contributed by atoms with van der Waals surface area (Å²) in [5.41, 5.74) is 0. The minimum atomic E-state index is 0. The van der Waals surface area contributed by atoms with E-state index in [0.29, 0.717) is 0 Å². The van der Waals surface area contributed by atoms with Gasteiger partial charge in [-0.15, -0.1) is 6.92 Å². The van der Waals surface area contributed by atoms with E-state index in [1.807, 2.05) is 0 Å². The first-order chi connectivity index (χ1) is 2.41. The standard InChI is InChI=1S/C4H5O.BrH.Mg/c1-2-3-4-5;;/h2-3H,1H3;1H;/q-1;;+2/p-1/b3-2+;;. The van der Waals surface area contributed by atoms with Crippen LogP contribution in [-0.2, 0) is 4.79 Å². The van der Waals surface area contributed by atoms with Crippen LogP contribution < -0.4 is 17.0 Å². The molecule has 0 N–H and O–H groups in total. The molecular formula is C4H5BrMgO. The van der Waals surface area contributed by atoms with Crippen molar-refractivity contribution in [3.63, 3.8) is 0 Å². The fraction of sp³-hybridized carbons (Fsp3) is 0.250. The summed E-state index contributed by atoms with van der Waals surface area (Å²) < 4.78 is 0. The Morgan fingerprint density at radius 2 is 2.00 bits per heavy atom. The molecule has 1 nitrogen and oxygen atoms in total. The van der Waals surface area contributed by atoms with Gasteiger partial charge in [0.15, 0.2) is 0 Å². The maximum absolute atomic E-state index is 9.19. The van der Waals surface area contributed by atoms with Crippen molar-refractivity contribution < 1.29 is 21.8 Å². The Morgan fingerprint density at radius 1 is 1.57 bits per heavy atom. The van der Waals surface area contributed by atoms with E-state index in [9.17, 15) is 4.79 Å². The van der Waals surface area contributed by atoms with Gasteiger partial charge in [0.25, 0.3) is 0 Å². The van der Waals surface area contributed by atoms with Gasteiger partial charge in [-0.1, -0.05) is 0 Å². The molecule has 7 heavy (non-hydrogen) atoms. The quantitative estimate of drug-likeness (QED) is 0.239. The number of rotatable bonds is 1. The largest absolute Gasteiger partial charge is 2.00 e. The van der Waals surface area contributed by atoms with Gasteiger partial charge in [-0.3, -0.25) is 0 Å². The summed E-state index contributed by atoms with van der Waals surface area (Å²) in [7, 11) is 0. The fourth-order valence-corrected chi connectivity index (χ4v) is 0.0680. The second-order valence-corrected chi connectivity index (χ2v) is 0.618. The summed E-state index contributed by atoms with van der Waals surface area (Å²) >= 11 is 0. The third kappa shape index (κ3) is 20.5. The van der Waals surface area contributed by atoms with Crippen LogP contribution >= 0.6 is 0 Å². The van der Waals surface area contributed by atoms with E-state index in [1.54, 1.807) is 19.3 Å². The molecule has 0 spiro atoms. The van der Waals surface area contributed by atoms with E-state index in [2.05, 4.69) is 0 Å². The van der Waals surface area contributed by atoms with Crippen molar-refractivity contribution in [1.82, 2.24) is 0 Å². The van der Waals surface area contributed by atoms with Gasteiger partial charge >= 0.3 is 23.1 Å². The fourth-order valence-electron chi connectivity index (χ4n) is 0.0680. The number of hydrogen-bond donors (Lipinski definition) is 0. The molecule has 0 aliphatic heterocycles. The molecule has 0 saturated heterocycles. The van der Waals surface area contributed by atoms with E-state index in [-0.39, 0.29) is 40.0 Å². The molecule has 0 amide bonds. The van der Waals surface area contributed by atoms with Crippen molar-refractivity contribution in [2.75, 3.05) is 0 Å². The molecule has 0 unspecified atom stereocenters. The first-order valence-electron chi connectivity index (χ1n) is 1.40. The zero-order valence-corrected chi connectivity index (χ0v) is 7.15. The monoisotopic (exact) mass is 172 g/mol. The zero-order chi connectivity index (χ0) is 4.12. The molecule has 0 rings (SSSR count). The molecule has 0 saturated carbocycles. The van der Waals surface area contributed by atoms with Gasteiger partial charge in [-0.25, -0.2) is 6.08 Å². The number of hydrogen-bond acceptors (Lipinski definition) is 1. The molecule has 0 heterocycles. The second kappa shape index (κ2) is 15.9. The van der Waals surface area contributed by atoms with Gasteiger partial charge in [-0.2, -0.15) is 6.08 Å². The Hall–Kier alpha value is 0.656. The van der Waals surface area contributed by atoms with E-state index in [0.717, 1.165) is 0 Å². The van der Waals surface area contributed by atoms with Crippen LogP contribution in [-0.4, -0.2) is 29.3 Å². The molecule has 0 aromatic heterocycles. The molecule has 0 bridgehead atoms. The normalized spacial score (nSPS) is 6.43. The molecule has 0 aromatic rings. The topological polar surface area (TPSA) is 17.1 Å². The van der Waals surface area contributed by atoms with Gasteiger partial charge in [0.2, 0.25) is 0 Å². The third-order valence-electron chi connectivity index (χ3n) is 0.235. The molecule has 0 aliphatic rings. The Morgan fingerprint density at radius 3 is 2.00 bits per heavy atom. The maximum Gasteiger partial charge on any atom is 2.00 e. The predicted octanol–water partition coefficient (Wildman–Crippen LogP) is -2.70. The van der Waals surface area contributed by atoms with Crippen molar-refractivity contribution in [3.05, 3.63) is 12.2 Å². The maximum atomic E-state index is 9.19. The Balaban J connectivity index is -0.0000000800. The summed E-state index contributed by atoms with van der Waals surface area (Å²) in [6.45, 7) is 1.77. The van der Waals surface area contributed by atoms with Gasteiger partial charge in [-0.05, 0) is 6.29 Å². The van der Waals surface area contributed by atoms with Crippen LogP contribution in [0.4, 0.5) is 0 Å². The van der Waals surface area contributed by atoms with Crippen LogP contribution in [0, 0.1) is 0 Å². The molecule has 0 atom stereocenters.